The average molecular weight is 500 g/mol. The van der Waals surface area contributed by atoms with Crippen molar-refractivity contribution in [1.82, 2.24) is 20.5 Å². The van der Waals surface area contributed by atoms with Crippen LogP contribution in [0.2, 0.25) is 0 Å². The Bertz CT molecular complexity index is 1360. The van der Waals surface area contributed by atoms with Crippen LogP contribution >= 0.6 is 11.8 Å². The number of nitrogens with one attached hydrogen (secondary N) is 2. The van der Waals surface area contributed by atoms with Gasteiger partial charge in [0.05, 0.1) is 22.5 Å². The standard InChI is InChI=1S/C22H18N4OS.C5H11N3/c1-23-22(27)18-7-2-3-8-21(18)28-16-10-11-17-19(25-26-20(17)14-16)12-9-15-6-4-5-13-24-15;1-5(2)3-4-7-8-6/h2-14H,1H3,(H,23,27)(H,25,26);5H,3-4H2,1-2H3/b12-9+;. The van der Waals surface area contributed by atoms with Crippen molar-refractivity contribution in [2.24, 2.45) is 11.0 Å². The average Bonchev–Trinajstić information content (AvgIpc) is 3.30. The molecule has 0 aliphatic rings. The minimum atomic E-state index is -0.0901. The van der Waals surface area contributed by atoms with E-state index in [0.717, 1.165) is 38.5 Å². The Morgan fingerprint density at radius 2 is 1.97 bits per heavy atom. The lowest BCUT2D eigenvalue weighted by molar-refractivity contribution is 0.0960. The Hall–Kier alpha value is -4.07. The van der Waals surface area contributed by atoms with Crippen molar-refractivity contribution < 1.29 is 4.79 Å². The van der Waals surface area contributed by atoms with Crippen LogP contribution in [0.4, 0.5) is 0 Å². The molecule has 184 valence electrons. The fourth-order valence-electron chi connectivity index (χ4n) is 3.21. The molecule has 0 saturated heterocycles. The van der Waals surface area contributed by atoms with Crippen molar-refractivity contribution in [2.45, 2.75) is 30.1 Å². The molecule has 4 rings (SSSR count). The number of aromatic nitrogens is 3. The number of azide groups is 1. The van der Waals surface area contributed by atoms with E-state index >= 15 is 0 Å². The topological polar surface area (TPSA) is 119 Å². The van der Waals surface area contributed by atoms with Gasteiger partial charge >= 0.3 is 0 Å². The highest BCUT2D eigenvalue weighted by molar-refractivity contribution is 7.99. The zero-order valence-electron chi connectivity index (χ0n) is 20.5. The van der Waals surface area contributed by atoms with Crippen molar-refractivity contribution in [1.29, 1.82) is 0 Å². The number of rotatable bonds is 8. The highest BCUT2D eigenvalue weighted by Gasteiger charge is 2.11. The van der Waals surface area contributed by atoms with Crippen LogP contribution in [0.25, 0.3) is 33.5 Å². The number of fused-ring (bicyclic) bond motifs is 1. The SMILES string of the molecule is CC(C)CCN=[N+]=[N-].CNC(=O)c1ccccc1Sc1ccc2c(/C=C/c3ccccn3)n[nH]c2c1. The van der Waals surface area contributed by atoms with E-state index < -0.39 is 0 Å². The first-order chi connectivity index (χ1) is 17.5. The quantitative estimate of drug-likeness (QED) is 0.154. The number of hydrogen-bond donors (Lipinski definition) is 2. The lowest BCUT2D eigenvalue weighted by Crippen LogP contribution is -2.18. The summed E-state index contributed by atoms with van der Waals surface area (Å²) in [6.45, 7) is 4.84. The third-order valence-electron chi connectivity index (χ3n) is 5.12. The maximum atomic E-state index is 12.1. The molecule has 0 saturated carbocycles. The van der Waals surface area contributed by atoms with E-state index in [-0.39, 0.29) is 5.91 Å². The van der Waals surface area contributed by atoms with Crippen LogP contribution in [0, 0.1) is 5.92 Å². The van der Waals surface area contributed by atoms with E-state index in [4.69, 9.17) is 5.53 Å². The first-order valence-electron chi connectivity index (χ1n) is 11.6. The summed E-state index contributed by atoms with van der Waals surface area (Å²) in [5.41, 5.74) is 11.2. The third-order valence-corrected chi connectivity index (χ3v) is 6.19. The maximum absolute atomic E-state index is 12.1. The highest BCUT2D eigenvalue weighted by Crippen LogP contribution is 2.32. The second-order valence-electron chi connectivity index (χ2n) is 8.22. The van der Waals surface area contributed by atoms with Gasteiger partial charge in [-0.2, -0.15) is 5.10 Å². The van der Waals surface area contributed by atoms with Crippen LogP contribution in [-0.2, 0) is 0 Å². The fraction of sp³-hybridized carbons (Fsp3) is 0.222. The minimum absolute atomic E-state index is 0.0901. The van der Waals surface area contributed by atoms with Gasteiger partial charge in [0.2, 0.25) is 0 Å². The number of pyridine rings is 1. The molecule has 0 bridgehead atoms. The van der Waals surface area contributed by atoms with Crippen LogP contribution in [0.15, 0.2) is 81.8 Å². The molecule has 36 heavy (non-hydrogen) atoms. The van der Waals surface area contributed by atoms with E-state index in [1.807, 2.05) is 72.8 Å². The van der Waals surface area contributed by atoms with Gasteiger partial charge < -0.3 is 5.32 Å². The van der Waals surface area contributed by atoms with Gasteiger partial charge in [0.1, 0.15) is 0 Å². The van der Waals surface area contributed by atoms with E-state index in [2.05, 4.69) is 44.4 Å². The molecular formula is C27H29N7OS. The van der Waals surface area contributed by atoms with Gasteiger partial charge in [0, 0.05) is 39.9 Å². The summed E-state index contributed by atoms with van der Waals surface area (Å²) >= 11 is 1.56. The van der Waals surface area contributed by atoms with Crippen LogP contribution < -0.4 is 5.32 Å². The van der Waals surface area contributed by atoms with E-state index in [1.165, 1.54) is 0 Å². The smallest absolute Gasteiger partial charge is 0.252 e. The molecule has 2 heterocycles. The largest absolute Gasteiger partial charge is 0.355 e. The molecule has 2 aromatic heterocycles. The number of hydrogen-bond acceptors (Lipinski definition) is 5. The number of H-pyrrole nitrogens is 1. The molecule has 2 aromatic carbocycles. The molecule has 0 fully saturated rings. The summed E-state index contributed by atoms with van der Waals surface area (Å²) in [6, 6.07) is 19.5. The molecule has 0 atom stereocenters. The summed E-state index contributed by atoms with van der Waals surface area (Å²) in [6.07, 6.45) is 6.65. The Labute approximate surface area is 214 Å². The van der Waals surface area contributed by atoms with Gasteiger partial charge in [-0.1, -0.05) is 48.9 Å². The van der Waals surface area contributed by atoms with Crippen molar-refractivity contribution >= 4 is 40.7 Å². The monoisotopic (exact) mass is 499 g/mol. The van der Waals surface area contributed by atoms with Crippen molar-refractivity contribution in [3.8, 4) is 0 Å². The normalized spacial score (nSPS) is 10.7. The van der Waals surface area contributed by atoms with E-state index in [9.17, 15) is 4.79 Å². The number of amides is 1. The lowest BCUT2D eigenvalue weighted by atomic mass is 10.1. The number of nitrogens with zero attached hydrogens (tertiary/aromatic N) is 5. The van der Waals surface area contributed by atoms with Crippen LogP contribution in [0.1, 0.15) is 42.0 Å². The molecule has 9 heteroatoms. The third kappa shape index (κ3) is 7.73. The lowest BCUT2D eigenvalue weighted by Gasteiger charge is -2.08. The van der Waals surface area contributed by atoms with Crippen molar-refractivity contribution in [2.75, 3.05) is 13.6 Å². The summed E-state index contributed by atoms with van der Waals surface area (Å²) < 4.78 is 0. The Kier molecular flexibility index (Phi) is 10.1. The zero-order valence-corrected chi connectivity index (χ0v) is 21.4. The summed E-state index contributed by atoms with van der Waals surface area (Å²) in [7, 11) is 1.64. The summed E-state index contributed by atoms with van der Waals surface area (Å²) in [5.74, 6) is 0.549. The van der Waals surface area contributed by atoms with Crippen LogP contribution in [0.5, 0.6) is 0 Å². The molecule has 0 aliphatic heterocycles. The van der Waals surface area contributed by atoms with Gasteiger partial charge in [-0.25, -0.2) is 0 Å². The zero-order chi connectivity index (χ0) is 25.8. The van der Waals surface area contributed by atoms with E-state index in [1.54, 1.807) is 25.0 Å². The fourth-order valence-corrected chi connectivity index (χ4v) is 4.20. The molecule has 0 aliphatic carbocycles. The second-order valence-corrected chi connectivity index (χ2v) is 9.33. The molecule has 1 amide bonds. The van der Waals surface area contributed by atoms with Gasteiger partial charge in [-0.15, -0.1) is 0 Å². The van der Waals surface area contributed by atoms with Crippen LogP contribution in [-0.4, -0.2) is 34.7 Å². The molecule has 0 spiro atoms. The van der Waals surface area contributed by atoms with Gasteiger partial charge in [0.15, 0.2) is 0 Å². The predicted molar refractivity (Wildman–Crippen MR) is 147 cm³/mol. The second kappa shape index (κ2) is 13.7. The summed E-state index contributed by atoms with van der Waals surface area (Å²) in [4.78, 5) is 20.9. The number of carbonyl (C=O) groups is 1. The van der Waals surface area contributed by atoms with Crippen molar-refractivity contribution in [3.63, 3.8) is 0 Å². The molecular weight excluding hydrogens is 470 g/mol. The van der Waals surface area contributed by atoms with Crippen molar-refractivity contribution in [3.05, 3.63) is 94.3 Å². The molecule has 8 nitrogen and oxygen atoms in total. The van der Waals surface area contributed by atoms with Gasteiger partial charge in [0.25, 0.3) is 5.91 Å². The number of carbonyl (C=O) groups excluding carboxylic acids is 1. The maximum Gasteiger partial charge on any atom is 0.252 e. The number of aromatic amines is 1. The molecule has 4 aromatic rings. The van der Waals surface area contributed by atoms with Gasteiger partial charge in [-0.3, -0.25) is 14.9 Å². The number of benzene rings is 2. The predicted octanol–water partition coefficient (Wildman–Crippen LogP) is 6.98. The van der Waals surface area contributed by atoms with Crippen LogP contribution in [0.3, 0.4) is 0 Å². The minimum Gasteiger partial charge on any atom is -0.355 e. The van der Waals surface area contributed by atoms with E-state index in [0.29, 0.717) is 18.0 Å². The molecule has 0 radical (unpaired) electrons. The Morgan fingerprint density at radius 3 is 2.69 bits per heavy atom. The molecule has 0 unspecified atom stereocenters. The Morgan fingerprint density at radius 1 is 1.17 bits per heavy atom. The highest BCUT2D eigenvalue weighted by atomic mass is 32.2. The first-order valence-corrected chi connectivity index (χ1v) is 12.4. The first kappa shape index (κ1) is 26.5. The molecule has 2 N–H and O–H groups in total. The van der Waals surface area contributed by atoms with Gasteiger partial charge in [-0.05, 0) is 72.5 Å². The summed E-state index contributed by atoms with van der Waals surface area (Å²) in [5, 5.41) is 14.6. The Balaban J connectivity index is 0.000000392.